The molecule has 29 heavy (non-hydrogen) atoms. The number of unbranched alkanes of at least 4 members (excludes halogenated alkanes) is 3. The number of esters is 2. The SMILES string of the molecule is CBr.CCC[CH2][Sn]([CH2]CCC)([CH2]CCC)[CH2]C(=O)OCC.CCOC(=O)CC.[Pd]. The fourth-order valence-corrected chi connectivity index (χ4v) is 18.2. The van der Waals surface area contributed by atoms with E-state index < -0.39 is 18.4 Å². The van der Waals surface area contributed by atoms with E-state index in [0.29, 0.717) is 19.6 Å². The molecular formula is C22H47BrO4PdSn. The van der Waals surface area contributed by atoms with E-state index in [1.54, 1.807) is 13.8 Å². The molecule has 0 N–H and O–H groups in total. The van der Waals surface area contributed by atoms with Crippen molar-refractivity contribution in [1.29, 1.82) is 0 Å². The number of rotatable bonds is 14. The molecule has 0 spiro atoms. The zero-order valence-corrected chi connectivity index (χ0v) is 26.0. The molecule has 0 bridgehead atoms. The molecule has 180 valence electrons. The molecule has 0 aliphatic carbocycles. The van der Waals surface area contributed by atoms with Gasteiger partial charge < -0.3 is 4.74 Å². The summed E-state index contributed by atoms with van der Waals surface area (Å²) in [4.78, 5) is 22.2. The maximum absolute atomic E-state index is 12.0. The fraction of sp³-hybridized carbons (Fsp3) is 0.909. The zero-order chi connectivity index (χ0) is 22.3. The number of alkyl halides is 1. The maximum Gasteiger partial charge on any atom is 0.305 e. The van der Waals surface area contributed by atoms with Crippen molar-refractivity contribution in [1.82, 2.24) is 0 Å². The summed E-state index contributed by atoms with van der Waals surface area (Å²) >= 11 is 0.667. The van der Waals surface area contributed by atoms with Crippen LogP contribution < -0.4 is 0 Å². The summed E-state index contributed by atoms with van der Waals surface area (Å²) in [5, 5.41) is 0. The summed E-state index contributed by atoms with van der Waals surface area (Å²) in [6.45, 7) is 13.3. The van der Waals surface area contributed by atoms with Crippen LogP contribution in [0.3, 0.4) is 0 Å². The van der Waals surface area contributed by atoms with Gasteiger partial charge in [0.05, 0.1) is 6.61 Å². The van der Waals surface area contributed by atoms with Gasteiger partial charge in [0.2, 0.25) is 0 Å². The van der Waals surface area contributed by atoms with Crippen LogP contribution in [0.2, 0.25) is 17.7 Å². The van der Waals surface area contributed by atoms with Gasteiger partial charge in [0.15, 0.2) is 0 Å². The summed E-state index contributed by atoms with van der Waals surface area (Å²) in [6.07, 6.45) is 8.24. The minimum absolute atomic E-state index is 0. The molecule has 0 aliphatic heterocycles. The summed E-state index contributed by atoms with van der Waals surface area (Å²) in [5.41, 5.74) is 0. The van der Waals surface area contributed by atoms with Crippen molar-refractivity contribution in [2.45, 2.75) is 104 Å². The first-order chi connectivity index (χ1) is 13.4. The van der Waals surface area contributed by atoms with Crippen molar-refractivity contribution in [3.05, 3.63) is 0 Å². The molecule has 0 aliphatic rings. The van der Waals surface area contributed by atoms with Gasteiger partial charge in [-0.15, -0.1) is 0 Å². The summed E-state index contributed by atoms with van der Waals surface area (Å²) in [7, 11) is 0. The van der Waals surface area contributed by atoms with Crippen LogP contribution in [-0.2, 0) is 39.5 Å². The summed E-state index contributed by atoms with van der Waals surface area (Å²) < 4.78 is 14.8. The van der Waals surface area contributed by atoms with Crippen molar-refractivity contribution < 1.29 is 39.5 Å². The van der Waals surface area contributed by atoms with Crippen LogP contribution in [0, 0.1) is 0 Å². The average molecular weight is 681 g/mol. The molecule has 0 saturated heterocycles. The molecule has 0 aromatic heterocycles. The van der Waals surface area contributed by atoms with E-state index in [-0.39, 0.29) is 32.4 Å². The zero-order valence-electron chi connectivity index (χ0n) is 20.0. The predicted molar refractivity (Wildman–Crippen MR) is 128 cm³/mol. The van der Waals surface area contributed by atoms with Crippen molar-refractivity contribution in [2.24, 2.45) is 0 Å². The van der Waals surface area contributed by atoms with E-state index in [4.69, 9.17) is 4.74 Å². The van der Waals surface area contributed by atoms with Gasteiger partial charge in [0.1, 0.15) is 0 Å². The van der Waals surface area contributed by atoms with Crippen LogP contribution in [-0.4, -0.2) is 49.4 Å². The number of carbonyl (C=O) groups excluding carboxylic acids is 2. The van der Waals surface area contributed by atoms with E-state index in [9.17, 15) is 9.59 Å². The standard InChI is InChI=1S/C5H10O2.C4H7O2.3C4H9.CH3Br.Pd.Sn/c1-3-5(6)7-4-2;1-3-6-4(2)5;3*1-3-4-2;1-2;;/h3-4H2,1-2H3;2-3H2,1H3;3*1,3-4H2,2H3;1H3;;. The second kappa shape index (κ2) is 28.9. The molecule has 0 heterocycles. The Balaban J connectivity index is -0.000000264. The smallest absolute Gasteiger partial charge is 0.305 e. The second-order valence-electron chi connectivity index (χ2n) is 6.95. The number of halogens is 1. The molecule has 0 saturated carbocycles. The Morgan fingerprint density at radius 3 is 1.28 bits per heavy atom. The maximum atomic E-state index is 12.0. The fourth-order valence-electron chi connectivity index (χ4n) is 3.08. The minimum Gasteiger partial charge on any atom is -0.466 e. The normalized spacial score (nSPS) is 9.79. The van der Waals surface area contributed by atoms with Crippen molar-refractivity contribution in [3.63, 3.8) is 0 Å². The topological polar surface area (TPSA) is 52.6 Å². The number of carbonyl (C=O) groups is 2. The molecule has 4 nitrogen and oxygen atoms in total. The molecular weight excluding hydrogens is 633 g/mol. The van der Waals surface area contributed by atoms with Gasteiger partial charge in [-0.1, -0.05) is 22.9 Å². The van der Waals surface area contributed by atoms with Gasteiger partial charge in [-0.3, -0.25) is 4.79 Å². The Labute approximate surface area is 207 Å². The van der Waals surface area contributed by atoms with Gasteiger partial charge in [-0.05, 0) is 12.8 Å². The van der Waals surface area contributed by atoms with Crippen LogP contribution in [0.4, 0.5) is 0 Å². The molecule has 0 unspecified atom stereocenters. The van der Waals surface area contributed by atoms with Crippen molar-refractivity contribution >= 4 is 46.2 Å². The third-order valence-electron chi connectivity index (χ3n) is 4.60. The van der Waals surface area contributed by atoms with Crippen molar-refractivity contribution in [2.75, 3.05) is 19.0 Å². The Morgan fingerprint density at radius 2 is 1.03 bits per heavy atom. The molecule has 0 fully saturated rings. The van der Waals surface area contributed by atoms with Crippen LogP contribution in [0.25, 0.3) is 0 Å². The Morgan fingerprint density at radius 1 is 0.690 bits per heavy atom. The van der Waals surface area contributed by atoms with E-state index in [2.05, 4.69) is 41.4 Å². The summed E-state index contributed by atoms with van der Waals surface area (Å²) in [5.74, 6) is 1.79. The molecule has 0 aromatic carbocycles. The van der Waals surface area contributed by atoms with Crippen LogP contribution >= 0.6 is 15.9 Å². The molecule has 0 aromatic rings. The first kappa shape index (κ1) is 37.2. The number of hydrogen-bond donors (Lipinski definition) is 0. The third kappa shape index (κ3) is 25.0. The quantitative estimate of drug-likeness (QED) is 0.109. The molecule has 0 amide bonds. The first-order valence-corrected chi connectivity index (χ1v) is 20.8. The van der Waals surface area contributed by atoms with E-state index in [1.165, 1.54) is 51.8 Å². The van der Waals surface area contributed by atoms with Gasteiger partial charge in [-0.25, -0.2) is 0 Å². The van der Waals surface area contributed by atoms with Crippen LogP contribution in [0.15, 0.2) is 0 Å². The van der Waals surface area contributed by atoms with E-state index in [1.807, 2.05) is 12.8 Å². The largest absolute Gasteiger partial charge is 0.466 e. The van der Waals surface area contributed by atoms with Gasteiger partial charge >= 0.3 is 130 Å². The van der Waals surface area contributed by atoms with E-state index in [0.717, 1.165) is 4.44 Å². The number of ether oxygens (including phenoxy) is 2. The summed E-state index contributed by atoms with van der Waals surface area (Å²) in [6, 6.07) is 0. The predicted octanol–water partition coefficient (Wildman–Crippen LogP) is 7.37. The van der Waals surface area contributed by atoms with Crippen molar-refractivity contribution in [3.8, 4) is 0 Å². The van der Waals surface area contributed by atoms with Gasteiger partial charge in [0.25, 0.3) is 0 Å². The minimum atomic E-state index is -2.27. The first-order valence-electron chi connectivity index (χ1n) is 11.1. The Hall–Kier alpha value is 0.881. The third-order valence-corrected chi connectivity index (χ3v) is 19.7. The Kier molecular flexibility index (Phi) is 37.1. The van der Waals surface area contributed by atoms with E-state index >= 15 is 0 Å². The Bertz CT molecular complexity index is 336. The monoisotopic (exact) mass is 680 g/mol. The van der Waals surface area contributed by atoms with Crippen LogP contribution in [0.1, 0.15) is 86.5 Å². The number of hydrogen-bond acceptors (Lipinski definition) is 4. The average Bonchev–Trinajstić information content (AvgIpc) is 2.71. The van der Waals surface area contributed by atoms with Gasteiger partial charge in [-0.2, -0.15) is 0 Å². The van der Waals surface area contributed by atoms with Gasteiger partial charge in [0, 0.05) is 26.8 Å². The molecule has 0 atom stereocenters. The van der Waals surface area contributed by atoms with Crippen LogP contribution in [0.5, 0.6) is 0 Å². The molecule has 0 radical (unpaired) electrons. The molecule has 7 heteroatoms. The molecule has 0 rings (SSSR count). The second-order valence-corrected chi connectivity index (χ2v) is 20.8.